The van der Waals surface area contributed by atoms with E-state index in [1.807, 2.05) is 0 Å². The van der Waals surface area contributed by atoms with Gasteiger partial charge in [0.2, 0.25) is 0 Å². The molecule has 0 aromatic rings. The van der Waals surface area contributed by atoms with Crippen molar-refractivity contribution in [3.8, 4) is 0 Å². The van der Waals surface area contributed by atoms with Crippen LogP contribution in [-0.2, 0) is 28.6 Å². The maximum Gasteiger partial charge on any atom is 0.306 e. The summed E-state index contributed by atoms with van der Waals surface area (Å²) in [6.07, 6.45) is 87.0. The predicted molar refractivity (Wildman–Crippen MR) is 349 cm³/mol. The third-order valence-electron chi connectivity index (χ3n) is 16.1. The summed E-state index contributed by atoms with van der Waals surface area (Å²) >= 11 is 0. The van der Waals surface area contributed by atoms with Crippen LogP contribution in [0.2, 0.25) is 0 Å². The molecule has 0 bridgehead atoms. The Morgan fingerprint density at radius 1 is 0.250 bits per heavy atom. The largest absolute Gasteiger partial charge is 0.462 e. The number of esters is 3. The zero-order chi connectivity index (χ0) is 57.8. The first-order valence-corrected chi connectivity index (χ1v) is 35.6. The van der Waals surface area contributed by atoms with Gasteiger partial charge in [-0.25, -0.2) is 0 Å². The first kappa shape index (κ1) is 77.4. The minimum absolute atomic E-state index is 0.0716. The van der Waals surface area contributed by atoms with E-state index in [1.54, 1.807) is 0 Å². The summed E-state index contributed by atoms with van der Waals surface area (Å²) in [5.74, 6) is -0.852. The summed E-state index contributed by atoms with van der Waals surface area (Å²) < 4.78 is 17.0. The standard InChI is InChI=1S/C74H136O6/c1-4-7-10-13-16-19-22-25-28-31-33-35-36-37-38-39-41-43-46-49-52-55-58-61-64-67-73(76)79-70-71(69-78-72(75)66-63-60-57-54-51-48-45-42-30-27-24-21-18-15-12-9-6-3)80-74(77)68-65-62-59-56-53-50-47-44-40-34-32-29-26-23-20-17-14-11-8-5-2/h18,21-22,25,27,30-31,33,71H,4-17,19-20,23-24,26,28-29,32,34-70H2,1-3H3/b21-18-,25-22-,30-27-,33-31-. The van der Waals surface area contributed by atoms with Crippen molar-refractivity contribution in [1.29, 1.82) is 0 Å². The lowest BCUT2D eigenvalue weighted by molar-refractivity contribution is -0.167. The molecule has 0 heterocycles. The van der Waals surface area contributed by atoms with E-state index < -0.39 is 6.10 Å². The van der Waals surface area contributed by atoms with Gasteiger partial charge >= 0.3 is 17.9 Å². The number of ether oxygens (including phenoxy) is 3. The Morgan fingerprint density at radius 2 is 0.450 bits per heavy atom. The molecule has 0 radical (unpaired) electrons. The summed E-state index contributed by atoms with van der Waals surface area (Å²) in [6, 6.07) is 0. The zero-order valence-corrected chi connectivity index (χ0v) is 53.9. The normalized spacial score (nSPS) is 12.3. The molecule has 0 N–H and O–H groups in total. The number of hydrogen-bond donors (Lipinski definition) is 0. The molecule has 0 spiro atoms. The van der Waals surface area contributed by atoms with Gasteiger partial charge < -0.3 is 14.2 Å². The van der Waals surface area contributed by atoms with Crippen molar-refractivity contribution < 1.29 is 28.6 Å². The summed E-state index contributed by atoms with van der Waals surface area (Å²) in [6.45, 7) is 6.67. The molecule has 80 heavy (non-hydrogen) atoms. The van der Waals surface area contributed by atoms with Gasteiger partial charge in [-0.1, -0.05) is 333 Å². The maximum atomic E-state index is 13.0. The Bertz CT molecular complexity index is 1380. The van der Waals surface area contributed by atoms with E-state index in [1.165, 1.54) is 270 Å². The van der Waals surface area contributed by atoms with E-state index in [-0.39, 0.29) is 31.1 Å². The Kier molecular flexibility index (Phi) is 66.6. The second kappa shape index (κ2) is 68.9. The van der Waals surface area contributed by atoms with Crippen LogP contribution < -0.4 is 0 Å². The molecule has 0 aromatic heterocycles. The van der Waals surface area contributed by atoms with Crippen molar-refractivity contribution >= 4 is 17.9 Å². The van der Waals surface area contributed by atoms with Gasteiger partial charge in [0.25, 0.3) is 0 Å². The average Bonchev–Trinajstić information content (AvgIpc) is 3.46. The molecule has 0 aliphatic rings. The number of hydrogen-bond acceptors (Lipinski definition) is 6. The van der Waals surface area contributed by atoms with Crippen LogP contribution in [0.15, 0.2) is 48.6 Å². The SMILES string of the molecule is CCCCC/C=C\C/C=C\CCCCCCCCCC(=O)OCC(COC(=O)CCCCCCCCCCCCCCC/C=C\C/C=C\CCCCCCC)OC(=O)CCCCCCCCCCCCCCCCCCCCCC. The number of rotatable bonds is 66. The van der Waals surface area contributed by atoms with E-state index in [4.69, 9.17) is 14.2 Å². The average molecular weight is 1120 g/mol. The molecule has 0 fully saturated rings. The molecule has 468 valence electrons. The van der Waals surface area contributed by atoms with Gasteiger partial charge in [-0.15, -0.1) is 0 Å². The summed E-state index contributed by atoms with van der Waals surface area (Å²) in [5.41, 5.74) is 0. The van der Waals surface area contributed by atoms with Crippen LogP contribution in [0.3, 0.4) is 0 Å². The Labute approximate surface area is 498 Å². The molecular formula is C74H136O6. The third kappa shape index (κ3) is 66.2. The third-order valence-corrected chi connectivity index (χ3v) is 16.1. The lowest BCUT2D eigenvalue weighted by atomic mass is 10.0. The molecule has 0 saturated heterocycles. The Hall–Kier alpha value is -2.63. The molecule has 6 nitrogen and oxygen atoms in total. The van der Waals surface area contributed by atoms with Gasteiger partial charge in [0.05, 0.1) is 0 Å². The molecular weight excluding hydrogens is 985 g/mol. The van der Waals surface area contributed by atoms with Crippen LogP contribution in [0.25, 0.3) is 0 Å². The first-order chi connectivity index (χ1) is 39.5. The highest BCUT2D eigenvalue weighted by molar-refractivity contribution is 5.71. The van der Waals surface area contributed by atoms with Gasteiger partial charge in [-0.2, -0.15) is 0 Å². The molecule has 0 saturated carbocycles. The van der Waals surface area contributed by atoms with Gasteiger partial charge in [0.15, 0.2) is 6.10 Å². The molecule has 1 unspecified atom stereocenters. The zero-order valence-electron chi connectivity index (χ0n) is 53.9. The van der Waals surface area contributed by atoms with E-state index in [0.717, 1.165) is 77.0 Å². The second-order valence-corrected chi connectivity index (χ2v) is 24.1. The smallest absolute Gasteiger partial charge is 0.306 e. The predicted octanol–water partition coefficient (Wildman–Crippen LogP) is 24.5. The fraction of sp³-hybridized carbons (Fsp3) is 0.851. The van der Waals surface area contributed by atoms with Crippen molar-refractivity contribution in [1.82, 2.24) is 0 Å². The number of carbonyl (C=O) groups is 3. The van der Waals surface area contributed by atoms with Crippen molar-refractivity contribution in [2.75, 3.05) is 13.2 Å². The highest BCUT2D eigenvalue weighted by Crippen LogP contribution is 2.18. The Balaban J connectivity index is 4.30. The molecule has 1 atom stereocenters. The van der Waals surface area contributed by atoms with Crippen molar-refractivity contribution in [2.45, 2.75) is 393 Å². The maximum absolute atomic E-state index is 13.0. The van der Waals surface area contributed by atoms with Crippen LogP contribution in [0, 0.1) is 0 Å². The van der Waals surface area contributed by atoms with Gasteiger partial charge in [0.1, 0.15) is 13.2 Å². The topological polar surface area (TPSA) is 78.9 Å². The Morgan fingerprint density at radius 3 is 0.713 bits per heavy atom. The fourth-order valence-corrected chi connectivity index (χ4v) is 10.7. The first-order valence-electron chi connectivity index (χ1n) is 35.6. The van der Waals surface area contributed by atoms with Gasteiger partial charge in [-0.05, 0) is 83.5 Å². The number of carbonyl (C=O) groups excluding carboxylic acids is 3. The monoisotopic (exact) mass is 1120 g/mol. The quantitative estimate of drug-likeness (QED) is 0.0261. The van der Waals surface area contributed by atoms with Gasteiger partial charge in [-0.3, -0.25) is 14.4 Å². The van der Waals surface area contributed by atoms with Crippen LogP contribution in [0.5, 0.6) is 0 Å². The van der Waals surface area contributed by atoms with Gasteiger partial charge in [0, 0.05) is 19.3 Å². The summed E-state index contributed by atoms with van der Waals surface area (Å²) in [7, 11) is 0. The van der Waals surface area contributed by atoms with E-state index >= 15 is 0 Å². The lowest BCUT2D eigenvalue weighted by Gasteiger charge is -2.18. The van der Waals surface area contributed by atoms with E-state index in [0.29, 0.717) is 19.3 Å². The van der Waals surface area contributed by atoms with Crippen molar-refractivity contribution in [3.63, 3.8) is 0 Å². The van der Waals surface area contributed by atoms with Crippen LogP contribution >= 0.6 is 0 Å². The van der Waals surface area contributed by atoms with Crippen LogP contribution in [0.1, 0.15) is 387 Å². The van der Waals surface area contributed by atoms with E-state index in [9.17, 15) is 14.4 Å². The minimum atomic E-state index is -0.776. The van der Waals surface area contributed by atoms with E-state index in [2.05, 4.69) is 69.4 Å². The summed E-state index contributed by atoms with van der Waals surface area (Å²) in [4.78, 5) is 38.5. The molecule has 0 aliphatic heterocycles. The molecule has 0 aliphatic carbocycles. The van der Waals surface area contributed by atoms with Crippen molar-refractivity contribution in [2.24, 2.45) is 0 Å². The minimum Gasteiger partial charge on any atom is -0.462 e. The number of unbranched alkanes of at least 4 members (excludes halogenated alkanes) is 47. The molecule has 6 heteroatoms. The van der Waals surface area contributed by atoms with Crippen molar-refractivity contribution in [3.05, 3.63) is 48.6 Å². The second-order valence-electron chi connectivity index (χ2n) is 24.1. The molecule has 0 amide bonds. The highest BCUT2D eigenvalue weighted by Gasteiger charge is 2.19. The molecule has 0 aromatic carbocycles. The lowest BCUT2D eigenvalue weighted by Crippen LogP contribution is -2.30. The molecule has 0 rings (SSSR count). The van der Waals surface area contributed by atoms with Crippen LogP contribution in [-0.4, -0.2) is 37.2 Å². The fourth-order valence-electron chi connectivity index (χ4n) is 10.7. The highest BCUT2D eigenvalue weighted by atomic mass is 16.6. The number of allylic oxidation sites excluding steroid dienone is 8. The summed E-state index contributed by atoms with van der Waals surface area (Å²) in [5, 5.41) is 0. The van der Waals surface area contributed by atoms with Crippen LogP contribution in [0.4, 0.5) is 0 Å².